The number of Topliss-reactive ketones (excluding diaryl/α,β-unsaturated/α-hetero) is 1. The average molecular weight is 358 g/mol. The van der Waals surface area contributed by atoms with Crippen molar-refractivity contribution in [3.8, 4) is 23.0 Å². The van der Waals surface area contributed by atoms with Crippen molar-refractivity contribution in [3.05, 3.63) is 48.5 Å². The normalized spacial score (nSPS) is 19.6. The summed E-state index contributed by atoms with van der Waals surface area (Å²) in [6.07, 6.45) is -1.34. The van der Waals surface area contributed by atoms with Crippen molar-refractivity contribution in [1.82, 2.24) is 0 Å². The lowest BCUT2D eigenvalue weighted by Gasteiger charge is -2.24. The molecule has 2 aromatic carbocycles. The van der Waals surface area contributed by atoms with Crippen LogP contribution < -0.4 is 18.9 Å². The van der Waals surface area contributed by atoms with E-state index in [2.05, 4.69) is 0 Å². The number of carbonyl (C=O) groups excluding carboxylic acids is 1. The summed E-state index contributed by atoms with van der Waals surface area (Å²) >= 11 is 0. The maximum Gasteiger partial charge on any atom is 0.348 e. The molecular weight excluding hydrogens is 340 g/mol. The van der Waals surface area contributed by atoms with Crippen molar-refractivity contribution < 1.29 is 33.6 Å². The largest absolute Gasteiger partial charge is 0.485 e. The lowest BCUT2D eigenvalue weighted by molar-refractivity contribution is -0.147. The number of carboxylic acids is 1. The highest BCUT2D eigenvalue weighted by Gasteiger charge is 2.26. The van der Waals surface area contributed by atoms with Gasteiger partial charge in [0.2, 0.25) is 6.10 Å². The number of benzene rings is 2. The molecule has 136 valence electrons. The molecule has 0 saturated heterocycles. The Bertz CT molecular complexity index is 734. The summed E-state index contributed by atoms with van der Waals surface area (Å²) in [7, 11) is 0. The molecule has 2 unspecified atom stereocenters. The van der Waals surface area contributed by atoms with Crippen molar-refractivity contribution >= 4 is 11.8 Å². The number of ether oxygens (including phenoxy) is 4. The van der Waals surface area contributed by atoms with Gasteiger partial charge in [-0.15, -0.1) is 0 Å². The third-order valence-electron chi connectivity index (χ3n) is 3.75. The van der Waals surface area contributed by atoms with E-state index < -0.39 is 18.2 Å². The van der Waals surface area contributed by atoms with Crippen LogP contribution in [-0.2, 0) is 9.59 Å². The van der Waals surface area contributed by atoms with E-state index >= 15 is 0 Å². The SMILES string of the molecule is CC(=O)C1COc2ccccc2O1.O=C(O)C1COc2ccccc2O1. The Morgan fingerprint density at radius 1 is 0.808 bits per heavy atom. The Kier molecular flexibility index (Phi) is 5.26. The average Bonchev–Trinajstić information content (AvgIpc) is 2.67. The highest BCUT2D eigenvalue weighted by atomic mass is 16.6. The van der Waals surface area contributed by atoms with Crippen LogP contribution in [0.5, 0.6) is 23.0 Å². The second-order valence-corrected chi connectivity index (χ2v) is 5.68. The van der Waals surface area contributed by atoms with Crippen molar-refractivity contribution in [2.45, 2.75) is 19.1 Å². The first-order valence-electron chi connectivity index (χ1n) is 8.05. The van der Waals surface area contributed by atoms with E-state index in [9.17, 15) is 9.59 Å². The second kappa shape index (κ2) is 7.77. The van der Waals surface area contributed by atoms with E-state index in [0.717, 1.165) is 0 Å². The van der Waals surface area contributed by atoms with Gasteiger partial charge >= 0.3 is 5.97 Å². The maximum atomic E-state index is 11.0. The Hall–Kier alpha value is -3.22. The van der Waals surface area contributed by atoms with Gasteiger partial charge < -0.3 is 24.1 Å². The minimum Gasteiger partial charge on any atom is -0.485 e. The number of carbonyl (C=O) groups is 2. The van der Waals surface area contributed by atoms with Gasteiger partial charge in [0.1, 0.15) is 13.2 Å². The van der Waals surface area contributed by atoms with Crippen LogP contribution in [0.15, 0.2) is 48.5 Å². The number of rotatable bonds is 2. The topological polar surface area (TPSA) is 91.3 Å². The number of para-hydroxylation sites is 4. The van der Waals surface area contributed by atoms with Gasteiger partial charge in [-0.3, -0.25) is 4.79 Å². The zero-order valence-corrected chi connectivity index (χ0v) is 14.1. The van der Waals surface area contributed by atoms with Gasteiger partial charge in [-0.1, -0.05) is 24.3 Å². The number of hydrogen-bond donors (Lipinski definition) is 1. The second-order valence-electron chi connectivity index (χ2n) is 5.68. The molecule has 7 nitrogen and oxygen atoms in total. The monoisotopic (exact) mass is 358 g/mol. The van der Waals surface area contributed by atoms with Crippen LogP contribution in [0.2, 0.25) is 0 Å². The summed E-state index contributed by atoms with van der Waals surface area (Å²) in [4.78, 5) is 21.6. The number of hydrogen-bond acceptors (Lipinski definition) is 6. The van der Waals surface area contributed by atoms with Crippen LogP contribution in [0, 0.1) is 0 Å². The number of carboxylic acid groups (broad SMARTS) is 1. The molecule has 2 aliphatic rings. The molecule has 7 heteroatoms. The molecule has 0 aliphatic carbocycles. The van der Waals surface area contributed by atoms with Crippen LogP contribution >= 0.6 is 0 Å². The van der Waals surface area contributed by atoms with Gasteiger partial charge in [0.05, 0.1) is 0 Å². The molecule has 2 aromatic rings. The molecule has 1 N–H and O–H groups in total. The summed E-state index contributed by atoms with van der Waals surface area (Å²) in [6, 6.07) is 14.4. The van der Waals surface area contributed by atoms with Crippen LogP contribution in [0.3, 0.4) is 0 Å². The number of ketones is 1. The van der Waals surface area contributed by atoms with E-state index in [1.165, 1.54) is 6.92 Å². The Labute approximate surface area is 150 Å². The predicted molar refractivity (Wildman–Crippen MR) is 91.0 cm³/mol. The molecule has 2 atom stereocenters. The lowest BCUT2D eigenvalue weighted by Crippen LogP contribution is -2.36. The van der Waals surface area contributed by atoms with Crippen molar-refractivity contribution in [3.63, 3.8) is 0 Å². The minimum absolute atomic E-state index is 0.00509. The molecule has 0 amide bonds. The quantitative estimate of drug-likeness (QED) is 0.881. The summed E-state index contributed by atoms with van der Waals surface area (Å²) < 4.78 is 21.1. The van der Waals surface area contributed by atoms with Gasteiger partial charge in [0.25, 0.3) is 0 Å². The predicted octanol–water partition coefficient (Wildman–Crippen LogP) is 2.33. The molecule has 0 bridgehead atoms. The molecule has 26 heavy (non-hydrogen) atoms. The molecule has 0 fully saturated rings. The molecule has 2 aliphatic heterocycles. The smallest absolute Gasteiger partial charge is 0.348 e. The van der Waals surface area contributed by atoms with E-state index in [-0.39, 0.29) is 12.4 Å². The van der Waals surface area contributed by atoms with Gasteiger partial charge in [0.15, 0.2) is 34.9 Å². The Balaban J connectivity index is 0.000000151. The van der Waals surface area contributed by atoms with Crippen LogP contribution in [0.4, 0.5) is 0 Å². The van der Waals surface area contributed by atoms with Crippen molar-refractivity contribution in [1.29, 1.82) is 0 Å². The van der Waals surface area contributed by atoms with Crippen LogP contribution in [0.25, 0.3) is 0 Å². The van der Waals surface area contributed by atoms with Gasteiger partial charge in [0, 0.05) is 0 Å². The summed E-state index contributed by atoms with van der Waals surface area (Å²) in [5.74, 6) is 1.43. The van der Waals surface area contributed by atoms with E-state index in [1.54, 1.807) is 24.3 Å². The first-order valence-corrected chi connectivity index (χ1v) is 8.05. The van der Waals surface area contributed by atoms with Crippen molar-refractivity contribution in [2.75, 3.05) is 13.2 Å². The minimum atomic E-state index is -1.01. The molecule has 2 heterocycles. The standard InChI is InChI=1S/C10H10O3.C9H8O4/c1-7(11)10-6-12-8-4-2-3-5-9(8)13-10;10-9(11)8-5-12-6-3-1-2-4-7(6)13-8/h2-5,10H,6H2,1H3;1-4,8H,5H2,(H,10,11). The van der Waals surface area contributed by atoms with E-state index in [4.69, 9.17) is 24.1 Å². The first kappa shape index (κ1) is 17.6. The summed E-state index contributed by atoms with van der Waals surface area (Å²) in [6.45, 7) is 1.88. The number of fused-ring (bicyclic) bond motifs is 2. The summed E-state index contributed by atoms with van der Waals surface area (Å²) in [5.41, 5.74) is 0. The fourth-order valence-corrected chi connectivity index (χ4v) is 2.36. The first-order chi connectivity index (χ1) is 12.5. The molecule has 0 spiro atoms. The van der Waals surface area contributed by atoms with Crippen LogP contribution in [0.1, 0.15) is 6.92 Å². The van der Waals surface area contributed by atoms with Gasteiger partial charge in [-0.25, -0.2) is 4.79 Å². The third-order valence-corrected chi connectivity index (χ3v) is 3.75. The fourth-order valence-electron chi connectivity index (χ4n) is 2.36. The fraction of sp³-hybridized carbons (Fsp3) is 0.263. The highest BCUT2D eigenvalue weighted by Crippen LogP contribution is 2.31. The third kappa shape index (κ3) is 4.05. The zero-order valence-electron chi connectivity index (χ0n) is 14.1. The molecule has 0 aromatic heterocycles. The number of aliphatic carboxylic acids is 1. The van der Waals surface area contributed by atoms with E-state index in [0.29, 0.717) is 29.6 Å². The van der Waals surface area contributed by atoms with Gasteiger partial charge in [-0.05, 0) is 31.2 Å². The molecule has 4 rings (SSSR count). The molecule has 0 saturated carbocycles. The maximum absolute atomic E-state index is 11.0. The van der Waals surface area contributed by atoms with Crippen molar-refractivity contribution in [2.24, 2.45) is 0 Å². The highest BCUT2D eigenvalue weighted by molar-refractivity contribution is 5.81. The summed E-state index contributed by atoms with van der Waals surface area (Å²) in [5, 5.41) is 8.66. The lowest BCUT2D eigenvalue weighted by atomic mass is 10.2. The van der Waals surface area contributed by atoms with Crippen LogP contribution in [-0.4, -0.2) is 42.3 Å². The Morgan fingerprint density at radius 3 is 1.69 bits per heavy atom. The molecule has 0 radical (unpaired) electrons. The zero-order chi connectivity index (χ0) is 18.5. The van der Waals surface area contributed by atoms with Gasteiger partial charge in [-0.2, -0.15) is 0 Å². The Morgan fingerprint density at radius 2 is 1.23 bits per heavy atom. The van der Waals surface area contributed by atoms with E-state index in [1.807, 2.05) is 24.3 Å². The molecular formula is C19H18O7.